The molecule has 1 N–H and O–H groups in total. The number of imide groups is 1. The van der Waals surface area contributed by atoms with E-state index in [1.54, 1.807) is 0 Å². The van der Waals surface area contributed by atoms with Crippen LogP contribution in [0.2, 0.25) is 10.3 Å². The minimum Gasteiger partial charge on any atom is -0.406 e. The van der Waals surface area contributed by atoms with Crippen LogP contribution < -0.4 is 15.0 Å². The van der Waals surface area contributed by atoms with Crippen LogP contribution in [0.4, 0.5) is 23.7 Å². The summed E-state index contributed by atoms with van der Waals surface area (Å²) in [6.45, 7) is 2.04. The van der Waals surface area contributed by atoms with Crippen molar-refractivity contribution in [2.45, 2.75) is 57.0 Å². The van der Waals surface area contributed by atoms with Crippen molar-refractivity contribution < 1.29 is 32.3 Å². The molecule has 0 radical (unpaired) electrons. The number of amides is 4. The standard InChI is InChI=1S/C24H23Cl2F3N4O4/c1-2-3-4-20(34)30-15-12-23(11-14-5-7-17(8-6-14)37-24(27,28)29)21(35)33(22(36)32(23)13-15)16-9-18(25)31-19(26)10-16/h5-10,15H,2-4,11-13H2,1H3,(H,30,34)/t15-,23+/m0/s1. The van der Waals surface area contributed by atoms with Crippen molar-refractivity contribution in [1.82, 2.24) is 15.2 Å². The molecule has 0 saturated carbocycles. The quantitative estimate of drug-likeness (QED) is 0.359. The smallest absolute Gasteiger partial charge is 0.406 e. The van der Waals surface area contributed by atoms with Gasteiger partial charge in [0.15, 0.2) is 0 Å². The summed E-state index contributed by atoms with van der Waals surface area (Å²) < 4.78 is 41.6. The number of unbranched alkanes of at least 4 members (excludes halogenated alkanes) is 1. The van der Waals surface area contributed by atoms with Crippen molar-refractivity contribution in [2.75, 3.05) is 11.4 Å². The summed E-state index contributed by atoms with van der Waals surface area (Å²) in [5.74, 6) is -1.15. The zero-order valence-electron chi connectivity index (χ0n) is 19.6. The van der Waals surface area contributed by atoms with Gasteiger partial charge in [-0.05, 0) is 36.2 Å². The minimum absolute atomic E-state index is 0.00818. The van der Waals surface area contributed by atoms with Crippen LogP contribution in [0.15, 0.2) is 36.4 Å². The van der Waals surface area contributed by atoms with Gasteiger partial charge in [-0.2, -0.15) is 0 Å². The highest BCUT2D eigenvalue weighted by atomic mass is 35.5. The first-order valence-electron chi connectivity index (χ1n) is 11.5. The summed E-state index contributed by atoms with van der Waals surface area (Å²) >= 11 is 12.0. The average molecular weight is 559 g/mol. The highest BCUT2D eigenvalue weighted by Gasteiger charge is 2.62. The average Bonchev–Trinajstić information content (AvgIpc) is 3.24. The zero-order chi connectivity index (χ0) is 27.0. The van der Waals surface area contributed by atoms with Crippen LogP contribution in [0, 0.1) is 0 Å². The minimum atomic E-state index is -4.84. The summed E-state index contributed by atoms with van der Waals surface area (Å²) in [4.78, 5) is 45.9. The van der Waals surface area contributed by atoms with Gasteiger partial charge in [-0.25, -0.2) is 14.7 Å². The molecule has 2 aliphatic rings. The van der Waals surface area contributed by atoms with Gasteiger partial charge in [0.1, 0.15) is 21.6 Å². The first-order valence-corrected chi connectivity index (χ1v) is 12.3. The zero-order valence-corrected chi connectivity index (χ0v) is 21.2. The number of rotatable bonds is 8. The van der Waals surface area contributed by atoms with Gasteiger partial charge in [-0.1, -0.05) is 48.7 Å². The molecule has 1 aromatic carbocycles. The van der Waals surface area contributed by atoms with E-state index in [9.17, 15) is 27.6 Å². The second-order valence-electron chi connectivity index (χ2n) is 8.98. The van der Waals surface area contributed by atoms with Crippen LogP contribution in [0.1, 0.15) is 38.2 Å². The lowest BCUT2D eigenvalue weighted by Gasteiger charge is -2.28. The Morgan fingerprint density at radius 3 is 2.43 bits per heavy atom. The fourth-order valence-corrected chi connectivity index (χ4v) is 5.24. The largest absolute Gasteiger partial charge is 0.573 e. The Morgan fingerprint density at radius 1 is 1.19 bits per heavy atom. The number of hydrogen-bond acceptors (Lipinski definition) is 5. The third-order valence-electron chi connectivity index (χ3n) is 6.31. The van der Waals surface area contributed by atoms with E-state index in [1.807, 2.05) is 6.92 Å². The maximum Gasteiger partial charge on any atom is 0.573 e. The predicted octanol–water partition coefficient (Wildman–Crippen LogP) is 5.12. The molecule has 0 aliphatic carbocycles. The lowest BCUT2D eigenvalue weighted by atomic mass is 9.87. The molecule has 2 aromatic rings. The Labute approximate surface area is 220 Å². The van der Waals surface area contributed by atoms with Gasteiger partial charge >= 0.3 is 12.4 Å². The molecular weight excluding hydrogens is 536 g/mol. The van der Waals surface area contributed by atoms with E-state index in [-0.39, 0.29) is 41.3 Å². The molecule has 0 spiro atoms. The number of benzene rings is 1. The topological polar surface area (TPSA) is 91.8 Å². The molecule has 1 aromatic heterocycles. The highest BCUT2D eigenvalue weighted by Crippen LogP contribution is 2.43. The first-order chi connectivity index (χ1) is 17.4. The number of alkyl halides is 3. The van der Waals surface area contributed by atoms with Crippen molar-refractivity contribution in [3.05, 3.63) is 52.3 Å². The van der Waals surface area contributed by atoms with Crippen molar-refractivity contribution in [2.24, 2.45) is 0 Å². The number of ether oxygens (including phenoxy) is 1. The molecule has 2 atom stereocenters. The summed E-state index contributed by atoms with van der Waals surface area (Å²) in [7, 11) is 0. The van der Waals surface area contributed by atoms with Crippen molar-refractivity contribution in [3.8, 4) is 5.75 Å². The second-order valence-corrected chi connectivity index (χ2v) is 9.75. The molecule has 4 amide bonds. The van der Waals surface area contributed by atoms with Gasteiger partial charge in [-0.15, -0.1) is 13.2 Å². The molecule has 3 heterocycles. The molecule has 198 valence electrons. The number of halogens is 5. The fraction of sp³-hybridized carbons (Fsp3) is 0.417. The molecule has 37 heavy (non-hydrogen) atoms. The molecule has 0 unspecified atom stereocenters. The van der Waals surface area contributed by atoms with Crippen molar-refractivity contribution >= 4 is 46.7 Å². The molecule has 2 saturated heterocycles. The normalized spacial score (nSPS) is 21.4. The summed E-state index contributed by atoms with van der Waals surface area (Å²) in [5, 5.41) is 2.88. The fourth-order valence-electron chi connectivity index (χ4n) is 4.79. The number of aromatic nitrogens is 1. The van der Waals surface area contributed by atoms with Crippen molar-refractivity contribution in [3.63, 3.8) is 0 Å². The lowest BCUT2D eigenvalue weighted by molar-refractivity contribution is -0.274. The SMILES string of the molecule is CCCCC(=O)N[C@@H]1CN2C(=O)N(c3cc(Cl)nc(Cl)c3)C(=O)[C@@]2(Cc2ccc(OC(F)(F)F)cc2)C1. The maximum absolute atomic E-state index is 13.9. The maximum atomic E-state index is 13.9. The van der Waals surface area contributed by atoms with E-state index in [1.165, 1.54) is 29.2 Å². The van der Waals surface area contributed by atoms with Crippen LogP contribution >= 0.6 is 23.2 Å². The number of anilines is 1. The van der Waals surface area contributed by atoms with Crippen LogP contribution in [0.25, 0.3) is 0 Å². The Balaban J connectivity index is 1.65. The van der Waals surface area contributed by atoms with E-state index in [0.29, 0.717) is 18.4 Å². The van der Waals surface area contributed by atoms with Gasteiger partial charge in [0.25, 0.3) is 5.91 Å². The Hall–Kier alpha value is -3.05. The van der Waals surface area contributed by atoms with Gasteiger partial charge in [-0.3, -0.25) is 9.59 Å². The number of carbonyl (C=O) groups excluding carboxylic acids is 3. The lowest BCUT2D eigenvalue weighted by Crippen LogP contribution is -2.47. The highest BCUT2D eigenvalue weighted by molar-refractivity contribution is 6.33. The van der Waals surface area contributed by atoms with Gasteiger partial charge in [0.05, 0.1) is 5.69 Å². The number of fused-ring (bicyclic) bond motifs is 1. The molecule has 2 aliphatic heterocycles. The van der Waals surface area contributed by atoms with Crippen LogP contribution in [-0.4, -0.2) is 52.2 Å². The van der Waals surface area contributed by atoms with Crippen molar-refractivity contribution in [1.29, 1.82) is 0 Å². The van der Waals surface area contributed by atoms with Crippen LogP contribution in [-0.2, 0) is 16.0 Å². The van der Waals surface area contributed by atoms with Crippen LogP contribution in [0.5, 0.6) is 5.75 Å². The second kappa shape index (κ2) is 10.4. The van der Waals surface area contributed by atoms with E-state index in [4.69, 9.17) is 23.2 Å². The number of pyridine rings is 1. The molecule has 0 bridgehead atoms. The number of urea groups is 1. The number of nitrogens with zero attached hydrogens (tertiary/aromatic N) is 3. The van der Waals surface area contributed by atoms with E-state index >= 15 is 0 Å². The van der Waals surface area contributed by atoms with E-state index in [0.717, 1.165) is 23.5 Å². The van der Waals surface area contributed by atoms with Gasteiger partial charge in [0.2, 0.25) is 5.91 Å². The summed E-state index contributed by atoms with van der Waals surface area (Å²) in [6.07, 6.45) is -2.84. The summed E-state index contributed by atoms with van der Waals surface area (Å²) in [5.41, 5.74) is -0.730. The Kier molecular flexibility index (Phi) is 7.57. The van der Waals surface area contributed by atoms with E-state index in [2.05, 4.69) is 15.0 Å². The van der Waals surface area contributed by atoms with Gasteiger partial charge in [0, 0.05) is 31.8 Å². The van der Waals surface area contributed by atoms with Gasteiger partial charge < -0.3 is 15.0 Å². The number of hydrogen-bond donors (Lipinski definition) is 1. The Bertz CT molecular complexity index is 1190. The molecule has 4 rings (SSSR count). The third-order valence-corrected chi connectivity index (χ3v) is 6.70. The molecule has 2 fully saturated rings. The number of carbonyl (C=O) groups is 3. The van der Waals surface area contributed by atoms with E-state index < -0.39 is 35.6 Å². The number of nitrogens with one attached hydrogen (secondary N) is 1. The molecule has 13 heteroatoms. The Morgan fingerprint density at radius 2 is 1.84 bits per heavy atom. The molecule has 8 nitrogen and oxygen atoms in total. The summed E-state index contributed by atoms with van der Waals surface area (Å²) in [6, 6.07) is 6.68. The third kappa shape index (κ3) is 5.77. The molecular formula is C24H23Cl2F3N4O4. The monoisotopic (exact) mass is 558 g/mol. The van der Waals surface area contributed by atoms with Crippen LogP contribution in [0.3, 0.4) is 0 Å². The predicted molar refractivity (Wildman–Crippen MR) is 129 cm³/mol. The first kappa shape index (κ1) is 27.0.